The molecule has 0 spiro atoms. The molecule has 1 aliphatic heterocycles. The van der Waals surface area contributed by atoms with Gasteiger partial charge in [-0.25, -0.2) is 0 Å². The molecule has 2 amide bonds. The zero-order valence-corrected chi connectivity index (χ0v) is 29.5. The van der Waals surface area contributed by atoms with Gasteiger partial charge in [0.2, 0.25) is 14.2 Å². The Bertz CT molecular complexity index is 2050. The lowest BCUT2D eigenvalue weighted by Gasteiger charge is -2.16. The molecule has 0 fully saturated rings. The fourth-order valence-corrected chi connectivity index (χ4v) is 6.96. The highest BCUT2D eigenvalue weighted by molar-refractivity contribution is 6.83. The highest BCUT2D eigenvalue weighted by atomic mass is 35.5. The molecular weight excluding hydrogens is 656 g/mol. The standard InChI is InChI=1S/C37H37ClN6O4Si/c1-23-42-43-36-32(41-35(24-11-13-28(38)14-12-24)31-21-29(48-2)15-16-33(31)44(23)36)22-34(45)39-17-18-40-37(46)27-9-5-7-25(19-27)26-8-6-10-30(20-26)49(3,4)47/h5-16,19-21,32,47H,17-18,22H2,1-4H3,(H,39,45)(H,40,46)/t32-/m0/s1. The number of halogens is 1. The molecule has 0 radical (unpaired) electrons. The molecule has 1 atom stereocenters. The molecule has 0 aliphatic carbocycles. The summed E-state index contributed by atoms with van der Waals surface area (Å²) in [5.74, 6) is 1.39. The molecule has 0 bridgehead atoms. The van der Waals surface area contributed by atoms with Crippen molar-refractivity contribution >= 4 is 42.6 Å². The minimum Gasteiger partial charge on any atom is -0.497 e. The van der Waals surface area contributed by atoms with E-state index in [4.69, 9.17) is 21.3 Å². The van der Waals surface area contributed by atoms with Gasteiger partial charge in [0.1, 0.15) is 17.6 Å². The van der Waals surface area contributed by atoms with E-state index in [0.29, 0.717) is 33.7 Å². The van der Waals surface area contributed by atoms with Crippen molar-refractivity contribution in [1.82, 2.24) is 25.4 Å². The zero-order chi connectivity index (χ0) is 34.7. The molecule has 250 valence electrons. The van der Waals surface area contributed by atoms with Crippen LogP contribution in [0.15, 0.2) is 96.0 Å². The van der Waals surface area contributed by atoms with E-state index in [9.17, 15) is 14.4 Å². The number of carbonyl (C=O) groups excluding carboxylic acids is 2. The van der Waals surface area contributed by atoms with Crippen LogP contribution in [0, 0.1) is 6.92 Å². The fraction of sp³-hybridized carbons (Fsp3) is 0.216. The van der Waals surface area contributed by atoms with Gasteiger partial charge in [-0.1, -0.05) is 60.1 Å². The van der Waals surface area contributed by atoms with Gasteiger partial charge in [0.15, 0.2) is 5.82 Å². The van der Waals surface area contributed by atoms with Crippen molar-refractivity contribution < 1.29 is 19.1 Å². The van der Waals surface area contributed by atoms with E-state index in [1.165, 1.54) is 0 Å². The minimum absolute atomic E-state index is 0.0168. The lowest BCUT2D eigenvalue weighted by molar-refractivity contribution is -0.121. The number of ether oxygens (including phenoxy) is 1. The maximum Gasteiger partial charge on any atom is 0.251 e. The number of hydrogen-bond donors (Lipinski definition) is 3. The van der Waals surface area contributed by atoms with Crippen LogP contribution in [-0.2, 0) is 4.79 Å². The SMILES string of the molecule is COc1ccc2c(c1)C(c1ccc(Cl)cc1)=N[C@@H](CC(=O)NCCNC(=O)c1cccc(-c3cccc([Si](C)(C)O)c3)c1)c1nnc(C)n1-2. The molecule has 6 rings (SSSR count). The molecule has 0 saturated heterocycles. The van der Waals surface area contributed by atoms with Crippen molar-refractivity contribution in [2.45, 2.75) is 32.5 Å². The summed E-state index contributed by atoms with van der Waals surface area (Å²) in [5, 5.41) is 16.1. The van der Waals surface area contributed by atoms with Crippen molar-refractivity contribution in [2.75, 3.05) is 20.2 Å². The van der Waals surface area contributed by atoms with Gasteiger partial charge in [-0.15, -0.1) is 10.2 Å². The van der Waals surface area contributed by atoms with Crippen molar-refractivity contribution in [1.29, 1.82) is 0 Å². The Morgan fingerprint density at radius 1 is 0.898 bits per heavy atom. The molecule has 10 nitrogen and oxygen atoms in total. The number of carbonyl (C=O) groups is 2. The average Bonchev–Trinajstić information content (AvgIpc) is 3.42. The van der Waals surface area contributed by atoms with E-state index in [-0.39, 0.29) is 31.3 Å². The Morgan fingerprint density at radius 3 is 2.35 bits per heavy atom. The average molecular weight is 693 g/mol. The molecule has 0 unspecified atom stereocenters. The quantitative estimate of drug-likeness (QED) is 0.137. The van der Waals surface area contributed by atoms with Gasteiger partial charge in [0.05, 0.1) is 24.9 Å². The number of benzene rings is 4. The normalized spacial score (nSPS) is 13.8. The van der Waals surface area contributed by atoms with Crippen LogP contribution < -0.4 is 20.6 Å². The molecule has 4 aromatic carbocycles. The summed E-state index contributed by atoms with van der Waals surface area (Å²) in [5.41, 5.74) is 5.47. The van der Waals surface area contributed by atoms with Crippen LogP contribution >= 0.6 is 11.6 Å². The molecule has 1 aliphatic rings. The summed E-state index contributed by atoms with van der Waals surface area (Å²) in [7, 11) is -0.863. The van der Waals surface area contributed by atoms with Crippen molar-refractivity contribution in [3.05, 3.63) is 124 Å². The number of amides is 2. The predicted molar refractivity (Wildman–Crippen MR) is 194 cm³/mol. The Morgan fingerprint density at radius 2 is 1.61 bits per heavy atom. The Balaban J connectivity index is 1.15. The molecular formula is C37H37ClN6O4Si. The van der Waals surface area contributed by atoms with Crippen molar-refractivity contribution in [2.24, 2.45) is 4.99 Å². The topological polar surface area (TPSA) is 131 Å². The lowest BCUT2D eigenvalue weighted by atomic mass is 10.00. The maximum atomic E-state index is 13.3. The third-order valence-electron chi connectivity index (χ3n) is 8.39. The monoisotopic (exact) mass is 692 g/mol. The first-order chi connectivity index (χ1) is 23.5. The lowest BCUT2D eigenvalue weighted by Crippen LogP contribution is -2.41. The molecule has 3 N–H and O–H groups in total. The van der Waals surface area contributed by atoms with Gasteiger partial charge in [0, 0.05) is 34.8 Å². The number of rotatable bonds is 10. The van der Waals surface area contributed by atoms with Gasteiger partial charge < -0.3 is 20.2 Å². The highest BCUT2D eigenvalue weighted by Gasteiger charge is 2.30. The van der Waals surface area contributed by atoms with Crippen LogP contribution in [0.2, 0.25) is 18.1 Å². The summed E-state index contributed by atoms with van der Waals surface area (Å²) in [6, 6.07) is 27.6. The molecule has 1 aromatic heterocycles. The number of aliphatic imine (C=N–C) groups is 1. The fourth-order valence-electron chi connectivity index (χ4n) is 5.82. The highest BCUT2D eigenvalue weighted by Crippen LogP contribution is 2.34. The summed E-state index contributed by atoms with van der Waals surface area (Å²) in [6.45, 7) is 6.08. The maximum absolute atomic E-state index is 13.3. The number of fused-ring (bicyclic) bond motifs is 3. The van der Waals surface area contributed by atoms with E-state index in [0.717, 1.165) is 33.1 Å². The van der Waals surface area contributed by atoms with Crippen molar-refractivity contribution in [3.63, 3.8) is 0 Å². The van der Waals surface area contributed by atoms with Crippen molar-refractivity contribution in [3.8, 4) is 22.6 Å². The van der Waals surface area contributed by atoms with Crippen LogP contribution in [0.25, 0.3) is 16.8 Å². The third-order valence-corrected chi connectivity index (χ3v) is 10.4. The second kappa shape index (κ2) is 14.2. The molecule has 2 heterocycles. The van der Waals surface area contributed by atoms with Gasteiger partial charge in [-0.2, -0.15) is 0 Å². The van der Waals surface area contributed by atoms with E-state index >= 15 is 0 Å². The van der Waals surface area contributed by atoms with Crippen LogP contribution in [0.3, 0.4) is 0 Å². The zero-order valence-electron chi connectivity index (χ0n) is 27.7. The van der Waals surface area contributed by atoms with Crippen LogP contribution in [0.4, 0.5) is 0 Å². The molecule has 49 heavy (non-hydrogen) atoms. The summed E-state index contributed by atoms with van der Waals surface area (Å²) in [4.78, 5) is 42.0. The number of nitrogens with one attached hydrogen (secondary N) is 2. The molecule has 5 aromatic rings. The summed E-state index contributed by atoms with van der Waals surface area (Å²) >= 11 is 6.20. The van der Waals surface area contributed by atoms with Gasteiger partial charge in [-0.05, 0) is 78.8 Å². The Hall–Kier alpha value is -5.10. The first-order valence-electron chi connectivity index (χ1n) is 15.9. The Kier molecular flexibility index (Phi) is 9.77. The second-order valence-electron chi connectivity index (χ2n) is 12.4. The summed E-state index contributed by atoms with van der Waals surface area (Å²) in [6.07, 6.45) is 0.0168. The van der Waals surface area contributed by atoms with Crippen LogP contribution in [0.1, 0.15) is 45.6 Å². The largest absolute Gasteiger partial charge is 0.497 e. The van der Waals surface area contributed by atoms with Gasteiger partial charge in [-0.3, -0.25) is 19.1 Å². The number of hydrogen-bond acceptors (Lipinski definition) is 7. The van der Waals surface area contributed by atoms with Crippen LogP contribution in [0.5, 0.6) is 5.75 Å². The minimum atomic E-state index is -2.47. The van der Waals surface area contributed by atoms with Crippen LogP contribution in [-0.4, -0.2) is 65.6 Å². The smallest absolute Gasteiger partial charge is 0.251 e. The number of aryl methyl sites for hydroxylation is 1. The van der Waals surface area contributed by atoms with E-state index in [1.807, 2.05) is 97.4 Å². The number of aromatic nitrogens is 3. The summed E-state index contributed by atoms with van der Waals surface area (Å²) < 4.78 is 7.47. The van der Waals surface area contributed by atoms with E-state index in [1.54, 1.807) is 25.3 Å². The number of methoxy groups -OCH3 is 1. The first kappa shape index (κ1) is 33.8. The second-order valence-corrected chi connectivity index (χ2v) is 16.5. The van der Waals surface area contributed by atoms with E-state index < -0.39 is 14.4 Å². The van der Waals surface area contributed by atoms with Gasteiger partial charge >= 0.3 is 0 Å². The van der Waals surface area contributed by atoms with E-state index in [2.05, 4.69) is 20.8 Å². The Labute approximate surface area is 291 Å². The first-order valence-corrected chi connectivity index (χ1v) is 19.3. The molecule has 12 heteroatoms. The third kappa shape index (κ3) is 7.49. The number of nitrogens with zero attached hydrogens (tertiary/aromatic N) is 4. The van der Waals surface area contributed by atoms with Gasteiger partial charge in [0.25, 0.3) is 5.91 Å². The predicted octanol–water partition coefficient (Wildman–Crippen LogP) is 5.14. The molecule has 0 saturated carbocycles.